The largest absolute Gasteiger partial charge is 0.481 e. The molecule has 0 aliphatic rings. The van der Waals surface area contributed by atoms with Crippen LogP contribution in [0.25, 0.3) is 0 Å². The summed E-state index contributed by atoms with van der Waals surface area (Å²) in [5.74, 6) is -1.65. The number of nitrogens with one attached hydrogen (secondary N) is 1. The molecule has 1 aromatic carbocycles. The Labute approximate surface area is 129 Å². The first kappa shape index (κ1) is 17.7. The molecule has 6 heteroatoms. The molecule has 0 bridgehead atoms. The van der Waals surface area contributed by atoms with Crippen molar-refractivity contribution in [1.82, 2.24) is 5.32 Å². The van der Waals surface area contributed by atoms with Gasteiger partial charge >= 0.3 is 12.1 Å². The molecule has 1 rings (SSSR count). The van der Waals surface area contributed by atoms with E-state index in [1.54, 1.807) is 45.0 Å². The van der Waals surface area contributed by atoms with Crippen molar-refractivity contribution >= 4 is 17.8 Å². The summed E-state index contributed by atoms with van der Waals surface area (Å²) in [6.07, 6.45) is -1.32. The number of hydrogen-bond acceptors (Lipinski definition) is 4. The zero-order chi connectivity index (χ0) is 16.8. The number of ketones is 1. The summed E-state index contributed by atoms with van der Waals surface area (Å²) < 4.78 is 5.17. The van der Waals surface area contributed by atoms with E-state index in [2.05, 4.69) is 5.32 Å². The number of aliphatic carboxylic acids is 1. The molecule has 0 saturated heterocycles. The molecule has 1 atom stereocenters. The Morgan fingerprint density at radius 1 is 1.18 bits per heavy atom. The zero-order valence-electron chi connectivity index (χ0n) is 13.0. The van der Waals surface area contributed by atoms with Gasteiger partial charge in [0.05, 0.1) is 6.04 Å². The molecule has 2 N–H and O–H groups in total. The van der Waals surface area contributed by atoms with Crippen LogP contribution in [0.1, 0.15) is 45.2 Å². The smallest absolute Gasteiger partial charge is 0.408 e. The first-order chi connectivity index (χ1) is 10.2. The fourth-order valence-electron chi connectivity index (χ4n) is 1.86. The highest BCUT2D eigenvalue weighted by molar-refractivity contribution is 5.95. The van der Waals surface area contributed by atoms with Gasteiger partial charge < -0.3 is 15.2 Å². The van der Waals surface area contributed by atoms with Crippen LogP contribution in [0, 0.1) is 0 Å². The van der Waals surface area contributed by atoms with Crippen LogP contribution in [0.3, 0.4) is 0 Å². The Hall–Kier alpha value is -2.37. The maximum atomic E-state index is 11.9. The Balaban J connectivity index is 2.81. The highest BCUT2D eigenvalue weighted by Crippen LogP contribution is 2.19. The van der Waals surface area contributed by atoms with E-state index in [9.17, 15) is 14.4 Å². The lowest BCUT2D eigenvalue weighted by Gasteiger charge is -2.23. The maximum Gasteiger partial charge on any atom is 0.408 e. The molecule has 0 fully saturated rings. The lowest BCUT2D eigenvalue weighted by atomic mass is 10.0. The second-order valence-electron chi connectivity index (χ2n) is 5.92. The van der Waals surface area contributed by atoms with Crippen LogP contribution >= 0.6 is 0 Å². The summed E-state index contributed by atoms with van der Waals surface area (Å²) in [5, 5.41) is 11.3. The fraction of sp³-hybridized carbons (Fsp3) is 0.438. The first-order valence-electron chi connectivity index (χ1n) is 6.95. The number of hydrogen-bond donors (Lipinski definition) is 2. The number of carboxylic acid groups (broad SMARTS) is 1. The molecule has 1 aromatic rings. The van der Waals surface area contributed by atoms with E-state index in [1.165, 1.54) is 0 Å². The molecule has 0 saturated carbocycles. The maximum absolute atomic E-state index is 11.9. The lowest BCUT2D eigenvalue weighted by Crippen LogP contribution is -2.36. The standard InChI is InChI=1S/C16H21NO5/c1-16(2,3)22-15(21)17-13(9-12(18)10-14(19)20)11-7-5-4-6-8-11/h4-8,13H,9-10H2,1-3H3,(H,17,21)(H,19,20)/t13-/m0/s1. The van der Waals surface area contributed by atoms with E-state index in [0.29, 0.717) is 5.56 Å². The van der Waals surface area contributed by atoms with Gasteiger partial charge in [-0.15, -0.1) is 0 Å². The second-order valence-corrected chi connectivity index (χ2v) is 5.92. The van der Waals surface area contributed by atoms with E-state index in [-0.39, 0.29) is 6.42 Å². The average Bonchev–Trinajstić information content (AvgIpc) is 2.35. The van der Waals surface area contributed by atoms with E-state index >= 15 is 0 Å². The van der Waals surface area contributed by atoms with Crippen molar-refractivity contribution in [2.45, 2.75) is 45.3 Å². The molecule has 120 valence electrons. The normalized spacial score (nSPS) is 12.3. The van der Waals surface area contributed by atoms with E-state index in [0.717, 1.165) is 0 Å². The van der Waals surface area contributed by atoms with Crippen LogP contribution in [0.2, 0.25) is 0 Å². The minimum atomic E-state index is -1.19. The number of ether oxygens (including phenoxy) is 1. The van der Waals surface area contributed by atoms with Crippen LogP contribution in [0.5, 0.6) is 0 Å². The molecule has 0 unspecified atom stereocenters. The van der Waals surface area contributed by atoms with Crippen LogP contribution in [0.4, 0.5) is 4.79 Å². The molecule has 0 radical (unpaired) electrons. The summed E-state index contributed by atoms with van der Waals surface area (Å²) in [6.45, 7) is 5.21. The highest BCUT2D eigenvalue weighted by Gasteiger charge is 2.23. The summed E-state index contributed by atoms with van der Waals surface area (Å²) >= 11 is 0. The van der Waals surface area contributed by atoms with Crippen molar-refractivity contribution < 1.29 is 24.2 Å². The Bertz CT molecular complexity index is 533. The molecule has 6 nitrogen and oxygen atoms in total. The number of carbonyl (C=O) groups excluding carboxylic acids is 2. The summed E-state index contributed by atoms with van der Waals surface area (Å²) in [7, 11) is 0. The topological polar surface area (TPSA) is 92.7 Å². The predicted octanol–water partition coefficient (Wildman–Crippen LogP) is 2.69. The summed E-state index contributed by atoms with van der Waals surface area (Å²) in [4.78, 5) is 34.2. The van der Waals surface area contributed by atoms with Gasteiger partial charge in [0.2, 0.25) is 0 Å². The van der Waals surface area contributed by atoms with Gasteiger partial charge in [-0.25, -0.2) is 4.79 Å². The predicted molar refractivity (Wildman–Crippen MR) is 80.4 cm³/mol. The third-order valence-electron chi connectivity index (χ3n) is 2.67. The van der Waals surface area contributed by atoms with Crippen molar-refractivity contribution in [2.75, 3.05) is 0 Å². The Kier molecular flexibility index (Phi) is 6.10. The molecule has 22 heavy (non-hydrogen) atoms. The van der Waals surface area contributed by atoms with E-state index in [1.807, 2.05) is 6.07 Å². The molecule has 0 heterocycles. The van der Waals surface area contributed by atoms with Gasteiger partial charge in [0.15, 0.2) is 0 Å². The number of rotatable bonds is 6. The summed E-state index contributed by atoms with van der Waals surface area (Å²) in [5.41, 5.74) is 0.0586. The fourth-order valence-corrected chi connectivity index (χ4v) is 1.86. The molecule has 0 aliphatic heterocycles. The molecule has 0 aromatic heterocycles. The van der Waals surface area contributed by atoms with Crippen molar-refractivity contribution in [3.63, 3.8) is 0 Å². The Morgan fingerprint density at radius 2 is 1.77 bits per heavy atom. The molecular weight excluding hydrogens is 286 g/mol. The van der Waals surface area contributed by atoms with E-state index < -0.39 is 35.9 Å². The van der Waals surface area contributed by atoms with Crippen LogP contribution < -0.4 is 5.32 Å². The number of alkyl carbamates (subject to hydrolysis) is 1. The van der Waals surface area contributed by atoms with Crippen LogP contribution in [-0.2, 0) is 14.3 Å². The minimum Gasteiger partial charge on any atom is -0.481 e. The van der Waals surface area contributed by atoms with Gasteiger partial charge in [-0.1, -0.05) is 30.3 Å². The molecular formula is C16H21NO5. The van der Waals surface area contributed by atoms with Crippen molar-refractivity contribution in [3.05, 3.63) is 35.9 Å². The van der Waals surface area contributed by atoms with Crippen molar-refractivity contribution in [1.29, 1.82) is 0 Å². The SMILES string of the molecule is CC(C)(C)OC(=O)N[C@@H](CC(=O)CC(=O)O)c1ccccc1. The van der Waals surface area contributed by atoms with Gasteiger partial charge in [-0.2, -0.15) is 0 Å². The van der Waals surface area contributed by atoms with Crippen molar-refractivity contribution in [3.8, 4) is 0 Å². The first-order valence-corrected chi connectivity index (χ1v) is 6.95. The van der Waals surface area contributed by atoms with Gasteiger partial charge in [0, 0.05) is 6.42 Å². The number of benzene rings is 1. The van der Waals surface area contributed by atoms with Gasteiger partial charge in [-0.3, -0.25) is 9.59 Å². The third-order valence-corrected chi connectivity index (χ3v) is 2.67. The molecule has 1 amide bonds. The lowest BCUT2D eigenvalue weighted by molar-refractivity contribution is -0.140. The average molecular weight is 307 g/mol. The number of amides is 1. The monoisotopic (exact) mass is 307 g/mol. The zero-order valence-corrected chi connectivity index (χ0v) is 13.0. The molecule has 0 aliphatic carbocycles. The van der Waals surface area contributed by atoms with Crippen LogP contribution in [0.15, 0.2) is 30.3 Å². The number of carbonyl (C=O) groups is 3. The third kappa shape index (κ3) is 6.88. The second kappa shape index (κ2) is 7.59. The molecule has 0 spiro atoms. The Morgan fingerprint density at radius 3 is 2.27 bits per heavy atom. The number of Topliss-reactive ketones (excluding diaryl/α,β-unsaturated/α-hetero) is 1. The number of carboxylic acids is 1. The van der Waals surface area contributed by atoms with Crippen LogP contribution in [-0.4, -0.2) is 28.6 Å². The highest BCUT2D eigenvalue weighted by atomic mass is 16.6. The van der Waals surface area contributed by atoms with Gasteiger partial charge in [0.1, 0.15) is 17.8 Å². The van der Waals surface area contributed by atoms with Crippen molar-refractivity contribution in [2.24, 2.45) is 0 Å². The minimum absolute atomic E-state index is 0.102. The van der Waals surface area contributed by atoms with E-state index in [4.69, 9.17) is 9.84 Å². The summed E-state index contributed by atoms with van der Waals surface area (Å²) in [6, 6.07) is 8.27. The quantitative estimate of drug-likeness (QED) is 0.788. The van der Waals surface area contributed by atoms with Gasteiger partial charge in [0.25, 0.3) is 0 Å². The van der Waals surface area contributed by atoms with Gasteiger partial charge in [-0.05, 0) is 26.3 Å².